The molecule has 3 atom stereocenters. The molecule has 16 heavy (non-hydrogen) atoms. The number of hydrogen-bond donors (Lipinski definition) is 3. The number of nitriles is 1. The molecule has 0 amide bonds. The van der Waals surface area contributed by atoms with Gasteiger partial charge in [-0.1, -0.05) is 35.6 Å². The smallest absolute Gasteiger partial charge is 0.0944 e. The molecule has 1 rings (SSSR count). The van der Waals surface area contributed by atoms with Crippen LogP contribution < -0.4 is 11.1 Å². The third-order valence-corrected chi connectivity index (χ3v) is 4.54. The van der Waals surface area contributed by atoms with Gasteiger partial charge < -0.3 is 10.8 Å². The van der Waals surface area contributed by atoms with Gasteiger partial charge in [0.15, 0.2) is 0 Å². The zero-order valence-corrected chi connectivity index (χ0v) is 11.6. The van der Waals surface area contributed by atoms with E-state index in [0.717, 1.165) is 18.4 Å². The predicted octanol–water partition coefficient (Wildman–Crippen LogP) is 1.05. The van der Waals surface area contributed by atoms with E-state index in [1.807, 2.05) is 13.0 Å². The van der Waals surface area contributed by atoms with Crippen LogP contribution in [0.2, 0.25) is 0 Å². The monoisotopic (exact) mass is 335 g/mol. The van der Waals surface area contributed by atoms with Crippen LogP contribution in [0.15, 0.2) is 11.6 Å². The van der Waals surface area contributed by atoms with E-state index >= 15 is 0 Å². The van der Waals surface area contributed by atoms with E-state index in [-0.39, 0.29) is 15.7 Å². The minimum absolute atomic E-state index is 0.0863. The van der Waals surface area contributed by atoms with Gasteiger partial charge in [-0.3, -0.25) is 5.32 Å². The summed E-state index contributed by atoms with van der Waals surface area (Å²) in [6.45, 7) is 2.49. The second kappa shape index (κ2) is 5.96. The molecule has 1 aliphatic rings. The number of hydrogen-bond acceptors (Lipinski definition) is 4. The van der Waals surface area contributed by atoms with Crippen LogP contribution in [0.5, 0.6) is 0 Å². The van der Waals surface area contributed by atoms with Gasteiger partial charge >= 0.3 is 0 Å². The first-order valence-corrected chi connectivity index (χ1v) is 6.56. The van der Waals surface area contributed by atoms with E-state index in [9.17, 15) is 5.11 Å². The van der Waals surface area contributed by atoms with Gasteiger partial charge in [-0.25, -0.2) is 0 Å². The minimum atomic E-state index is -0.333. The Balaban J connectivity index is 2.58. The van der Waals surface area contributed by atoms with Gasteiger partial charge in [-0.2, -0.15) is 5.26 Å². The molecular weight excluding hydrogens is 317 g/mol. The number of rotatable bonds is 4. The normalized spacial score (nSPS) is 31.7. The van der Waals surface area contributed by atoms with Crippen molar-refractivity contribution >= 4 is 22.6 Å². The molecule has 0 fully saturated rings. The van der Waals surface area contributed by atoms with Crippen LogP contribution in [-0.2, 0) is 0 Å². The highest BCUT2D eigenvalue weighted by Crippen LogP contribution is 2.32. The minimum Gasteiger partial charge on any atom is -0.392 e. The Hall–Kier alpha value is -0.160. The van der Waals surface area contributed by atoms with E-state index < -0.39 is 0 Å². The maximum absolute atomic E-state index is 9.51. The Kier molecular flexibility index (Phi) is 5.18. The lowest BCUT2D eigenvalue weighted by molar-refractivity contribution is 0.158. The highest BCUT2D eigenvalue weighted by molar-refractivity contribution is 14.1. The Morgan fingerprint density at radius 2 is 2.56 bits per heavy atom. The third-order valence-electron chi connectivity index (χ3n) is 2.92. The highest BCUT2D eigenvalue weighted by Gasteiger charge is 2.36. The summed E-state index contributed by atoms with van der Waals surface area (Å²) in [6.07, 6.45) is 3.66. The van der Waals surface area contributed by atoms with Gasteiger partial charge in [0, 0.05) is 18.2 Å². The van der Waals surface area contributed by atoms with Crippen LogP contribution in [0.25, 0.3) is 0 Å². The molecule has 0 spiro atoms. The quantitative estimate of drug-likeness (QED) is 0.407. The van der Waals surface area contributed by atoms with E-state index in [4.69, 9.17) is 11.0 Å². The molecule has 0 saturated carbocycles. The number of nitrogens with one attached hydrogen (secondary N) is 1. The predicted molar refractivity (Wildman–Crippen MR) is 72.0 cm³/mol. The van der Waals surface area contributed by atoms with Crippen LogP contribution in [0.4, 0.5) is 0 Å². The maximum atomic E-state index is 9.51. The number of halogens is 1. The molecule has 0 unspecified atom stereocenters. The van der Waals surface area contributed by atoms with Crippen molar-refractivity contribution in [1.29, 1.82) is 5.26 Å². The van der Waals surface area contributed by atoms with E-state index in [0.29, 0.717) is 13.0 Å². The van der Waals surface area contributed by atoms with E-state index in [1.54, 1.807) is 0 Å². The molecule has 1 aliphatic carbocycles. The summed E-state index contributed by atoms with van der Waals surface area (Å²) >= 11 is 2.29. The highest BCUT2D eigenvalue weighted by atomic mass is 127. The van der Waals surface area contributed by atoms with Gasteiger partial charge in [0.25, 0.3) is 0 Å². The fourth-order valence-corrected chi connectivity index (χ4v) is 2.29. The van der Waals surface area contributed by atoms with Crippen molar-refractivity contribution in [1.82, 2.24) is 5.32 Å². The van der Waals surface area contributed by atoms with Gasteiger partial charge in [0.2, 0.25) is 0 Å². The van der Waals surface area contributed by atoms with Crippen LogP contribution in [0.1, 0.15) is 26.2 Å². The zero-order valence-electron chi connectivity index (χ0n) is 9.41. The average molecular weight is 335 g/mol. The molecule has 0 saturated heterocycles. The molecule has 0 bridgehead atoms. The zero-order chi connectivity index (χ0) is 12.2. The van der Waals surface area contributed by atoms with Gasteiger partial charge in [0.1, 0.15) is 0 Å². The van der Waals surface area contributed by atoms with Crippen LogP contribution in [0.3, 0.4) is 0 Å². The van der Waals surface area contributed by atoms with E-state index in [1.165, 1.54) is 0 Å². The van der Waals surface area contributed by atoms with Crippen LogP contribution in [0, 0.1) is 11.3 Å². The number of alkyl halides is 1. The molecule has 0 radical (unpaired) electrons. The average Bonchev–Trinajstić information content (AvgIpc) is 2.30. The van der Waals surface area contributed by atoms with Crippen molar-refractivity contribution in [2.75, 3.05) is 6.54 Å². The molecule has 0 heterocycles. The lowest BCUT2D eigenvalue weighted by Gasteiger charge is -2.37. The molecular formula is C11H18IN3O. The van der Waals surface area contributed by atoms with Crippen molar-refractivity contribution in [3.05, 3.63) is 11.6 Å². The van der Waals surface area contributed by atoms with Crippen molar-refractivity contribution in [2.24, 2.45) is 5.73 Å². The fraction of sp³-hybridized carbons (Fsp3) is 0.727. The molecule has 0 aromatic heterocycles. The topological polar surface area (TPSA) is 82.1 Å². The SMILES string of the molecule is CC[C@H](O)CN[C@@]1(I)CC=C(C#N)C[C@H]1N. The number of nitrogens with zero attached hydrogens (tertiary/aromatic N) is 1. The van der Waals surface area contributed by atoms with Crippen molar-refractivity contribution in [3.8, 4) is 6.07 Å². The molecule has 5 heteroatoms. The number of aliphatic hydroxyl groups excluding tert-OH is 1. The summed E-state index contributed by atoms with van der Waals surface area (Å²) in [6, 6.07) is 2.06. The largest absolute Gasteiger partial charge is 0.392 e. The van der Waals surface area contributed by atoms with Gasteiger partial charge in [-0.05, 0) is 19.3 Å². The first-order chi connectivity index (χ1) is 7.51. The maximum Gasteiger partial charge on any atom is 0.0944 e. The lowest BCUT2D eigenvalue weighted by atomic mass is 9.91. The first-order valence-electron chi connectivity index (χ1n) is 5.48. The molecule has 4 nitrogen and oxygen atoms in total. The summed E-state index contributed by atoms with van der Waals surface area (Å²) in [5.74, 6) is 0. The second-order valence-corrected chi connectivity index (χ2v) is 6.09. The molecule has 90 valence electrons. The lowest BCUT2D eigenvalue weighted by Crippen LogP contribution is -2.56. The molecule has 0 aromatic carbocycles. The fourth-order valence-electron chi connectivity index (χ4n) is 1.63. The third kappa shape index (κ3) is 3.42. The summed E-state index contributed by atoms with van der Waals surface area (Å²) in [7, 11) is 0. The molecule has 0 aromatic rings. The first kappa shape index (κ1) is 13.9. The van der Waals surface area contributed by atoms with Gasteiger partial charge in [0.05, 0.1) is 15.7 Å². The van der Waals surface area contributed by atoms with Gasteiger partial charge in [-0.15, -0.1) is 0 Å². The summed E-state index contributed by atoms with van der Waals surface area (Å²) in [4.78, 5) is 0. The second-order valence-electron chi connectivity index (χ2n) is 4.16. The Morgan fingerprint density at radius 3 is 3.06 bits per heavy atom. The summed E-state index contributed by atoms with van der Waals surface area (Å²) in [5, 5.41) is 21.6. The Bertz CT molecular complexity index is 313. The number of aliphatic hydroxyl groups is 1. The molecule has 0 aliphatic heterocycles. The Morgan fingerprint density at radius 1 is 1.88 bits per heavy atom. The number of nitrogens with two attached hydrogens (primary N) is 1. The van der Waals surface area contributed by atoms with Crippen molar-refractivity contribution in [2.45, 2.75) is 41.9 Å². The van der Waals surface area contributed by atoms with E-state index in [2.05, 4.69) is 34.0 Å². The van der Waals surface area contributed by atoms with Crippen LogP contribution >= 0.6 is 22.6 Å². The molecule has 4 N–H and O–H groups in total. The van der Waals surface area contributed by atoms with Crippen molar-refractivity contribution in [3.63, 3.8) is 0 Å². The van der Waals surface area contributed by atoms with Crippen molar-refractivity contribution < 1.29 is 5.11 Å². The summed E-state index contributed by atoms with van der Waals surface area (Å²) in [5.41, 5.74) is 6.83. The Labute approximate surface area is 110 Å². The standard InChI is InChI=1S/C11H18IN3O/c1-2-9(16)7-15-11(12)4-3-8(6-13)5-10(11)14/h3,9-10,15-16H,2,4-5,7,14H2,1H3/t9-,10+,11-/m0/s1. The summed E-state index contributed by atoms with van der Waals surface area (Å²) < 4.78 is -0.242. The van der Waals surface area contributed by atoms with Crippen LogP contribution in [-0.4, -0.2) is 27.3 Å².